The van der Waals surface area contributed by atoms with Gasteiger partial charge in [0.05, 0.1) is 10.9 Å². The Morgan fingerprint density at radius 3 is 2.67 bits per heavy atom. The lowest BCUT2D eigenvalue weighted by Crippen LogP contribution is -2.04. The lowest BCUT2D eigenvalue weighted by atomic mass is 9.98. The molecular formula is C10H9BrF2O2. The first-order valence-corrected chi connectivity index (χ1v) is 5.07. The van der Waals surface area contributed by atoms with Crippen LogP contribution in [0.3, 0.4) is 0 Å². The van der Waals surface area contributed by atoms with E-state index in [1.54, 1.807) is 6.92 Å². The third-order valence-corrected chi connectivity index (χ3v) is 2.87. The summed E-state index contributed by atoms with van der Waals surface area (Å²) in [5.74, 6) is -2.87. The summed E-state index contributed by atoms with van der Waals surface area (Å²) >= 11 is 2.97. The number of hydrogen-bond acceptors (Lipinski definition) is 1. The zero-order valence-corrected chi connectivity index (χ0v) is 9.51. The highest BCUT2D eigenvalue weighted by Crippen LogP contribution is 2.30. The van der Waals surface area contributed by atoms with Gasteiger partial charge in [0.2, 0.25) is 0 Å². The molecule has 0 aliphatic carbocycles. The highest BCUT2D eigenvalue weighted by atomic mass is 79.9. The van der Waals surface area contributed by atoms with Gasteiger partial charge >= 0.3 is 5.97 Å². The summed E-state index contributed by atoms with van der Waals surface area (Å²) < 4.78 is 26.1. The maximum Gasteiger partial charge on any atom is 0.303 e. The van der Waals surface area contributed by atoms with Crippen molar-refractivity contribution < 1.29 is 18.7 Å². The molecule has 1 N–H and O–H groups in total. The van der Waals surface area contributed by atoms with Crippen molar-refractivity contribution in [1.29, 1.82) is 0 Å². The molecule has 1 rings (SSSR count). The summed E-state index contributed by atoms with van der Waals surface area (Å²) in [6, 6.07) is 1.89. The highest BCUT2D eigenvalue weighted by molar-refractivity contribution is 9.10. The monoisotopic (exact) mass is 278 g/mol. The topological polar surface area (TPSA) is 37.3 Å². The lowest BCUT2D eigenvalue weighted by molar-refractivity contribution is -0.137. The Labute approximate surface area is 94.0 Å². The summed E-state index contributed by atoms with van der Waals surface area (Å²) in [5.41, 5.74) is 0.329. The number of carboxylic acids is 1. The predicted molar refractivity (Wildman–Crippen MR) is 54.7 cm³/mol. The molecule has 1 aromatic carbocycles. The van der Waals surface area contributed by atoms with Gasteiger partial charge in [-0.05, 0) is 33.5 Å². The third-order valence-electron chi connectivity index (χ3n) is 2.03. The molecule has 0 fully saturated rings. The highest BCUT2D eigenvalue weighted by Gasteiger charge is 2.16. The number of aliphatic carboxylic acids is 1. The van der Waals surface area contributed by atoms with E-state index in [2.05, 4.69) is 15.9 Å². The van der Waals surface area contributed by atoms with Gasteiger partial charge in [0.25, 0.3) is 0 Å². The minimum atomic E-state index is -1.00. The van der Waals surface area contributed by atoms with Crippen molar-refractivity contribution in [2.75, 3.05) is 0 Å². The Kier molecular flexibility index (Phi) is 3.79. The second-order valence-corrected chi connectivity index (χ2v) is 4.08. The van der Waals surface area contributed by atoms with E-state index in [0.717, 1.165) is 12.1 Å². The fraction of sp³-hybridized carbons (Fsp3) is 0.300. The average Bonchev–Trinajstić information content (AvgIpc) is 2.09. The van der Waals surface area contributed by atoms with Crippen LogP contribution in [0.2, 0.25) is 0 Å². The minimum Gasteiger partial charge on any atom is -0.481 e. The molecule has 82 valence electrons. The van der Waals surface area contributed by atoms with Gasteiger partial charge in [0, 0.05) is 6.07 Å². The van der Waals surface area contributed by atoms with Crippen molar-refractivity contribution in [3.8, 4) is 0 Å². The number of hydrogen-bond donors (Lipinski definition) is 1. The molecule has 1 atom stereocenters. The molecule has 0 aromatic heterocycles. The van der Waals surface area contributed by atoms with Gasteiger partial charge in [-0.2, -0.15) is 0 Å². The predicted octanol–water partition coefficient (Wildman–Crippen LogP) is 3.31. The normalized spacial score (nSPS) is 12.5. The Morgan fingerprint density at radius 1 is 1.53 bits per heavy atom. The van der Waals surface area contributed by atoms with Crippen molar-refractivity contribution in [2.45, 2.75) is 19.3 Å². The lowest BCUT2D eigenvalue weighted by Gasteiger charge is -2.12. The Morgan fingerprint density at radius 2 is 2.13 bits per heavy atom. The zero-order chi connectivity index (χ0) is 11.6. The van der Waals surface area contributed by atoms with E-state index in [4.69, 9.17) is 5.11 Å². The van der Waals surface area contributed by atoms with E-state index in [1.807, 2.05) is 0 Å². The molecule has 15 heavy (non-hydrogen) atoms. The van der Waals surface area contributed by atoms with Crippen molar-refractivity contribution in [3.05, 3.63) is 33.8 Å². The zero-order valence-electron chi connectivity index (χ0n) is 7.93. The van der Waals surface area contributed by atoms with Crippen molar-refractivity contribution in [3.63, 3.8) is 0 Å². The van der Waals surface area contributed by atoms with Crippen molar-refractivity contribution in [2.24, 2.45) is 0 Å². The number of rotatable bonds is 3. The summed E-state index contributed by atoms with van der Waals surface area (Å²) in [4.78, 5) is 10.5. The smallest absolute Gasteiger partial charge is 0.303 e. The molecule has 0 radical (unpaired) electrons. The van der Waals surface area contributed by atoms with Crippen LogP contribution in [-0.2, 0) is 4.79 Å². The molecule has 0 saturated carbocycles. The first-order chi connectivity index (χ1) is 6.91. The molecule has 0 bridgehead atoms. The maximum absolute atomic E-state index is 13.1. The van der Waals surface area contributed by atoms with Crippen molar-refractivity contribution in [1.82, 2.24) is 0 Å². The maximum atomic E-state index is 13.1. The van der Waals surface area contributed by atoms with E-state index in [-0.39, 0.29) is 10.9 Å². The molecular weight excluding hydrogens is 270 g/mol. The first kappa shape index (κ1) is 12.1. The molecule has 0 saturated heterocycles. The summed E-state index contributed by atoms with van der Waals surface area (Å²) in [5, 5.41) is 8.57. The largest absolute Gasteiger partial charge is 0.481 e. The van der Waals surface area contributed by atoms with Crippen LogP contribution in [0.1, 0.15) is 24.8 Å². The third kappa shape index (κ3) is 2.99. The summed E-state index contributed by atoms with van der Waals surface area (Å²) in [7, 11) is 0. The molecule has 0 aliphatic heterocycles. The van der Waals surface area contributed by atoms with Crippen LogP contribution < -0.4 is 0 Å². The second kappa shape index (κ2) is 4.70. The van der Waals surface area contributed by atoms with Gasteiger partial charge in [0.1, 0.15) is 11.6 Å². The van der Waals surface area contributed by atoms with E-state index in [1.165, 1.54) is 0 Å². The van der Waals surface area contributed by atoms with Crippen LogP contribution in [0.25, 0.3) is 0 Å². The Hall–Kier alpha value is -0.970. The molecule has 5 heteroatoms. The van der Waals surface area contributed by atoms with Crippen LogP contribution in [-0.4, -0.2) is 11.1 Å². The van der Waals surface area contributed by atoms with Crippen LogP contribution in [0.5, 0.6) is 0 Å². The molecule has 0 heterocycles. The molecule has 0 amide bonds. The first-order valence-electron chi connectivity index (χ1n) is 4.28. The standard InChI is InChI=1S/C10H9BrF2O2/c1-5(2-9(14)15)7-3-6(12)4-8(13)10(7)11/h3-5H,2H2,1H3,(H,14,15). The van der Waals surface area contributed by atoms with E-state index in [0.29, 0.717) is 5.56 Å². The van der Waals surface area contributed by atoms with Gasteiger partial charge in [0.15, 0.2) is 0 Å². The van der Waals surface area contributed by atoms with Crippen LogP contribution in [0.4, 0.5) is 8.78 Å². The number of halogens is 3. The molecule has 1 unspecified atom stereocenters. The fourth-order valence-electron chi connectivity index (χ4n) is 1.31. The van der Waals surface area contributed by atoms with Gasteiger partial charge < -0.3 is 5.11 Å². The second-order valence-electron chi connectivity index (χ2n) is 3.29. The molecule has 2 nitrogen and oxygen atoms in total. The average molecular weight is 279 g/mol. The number of carbonyl (C=O) groups is 1. The van der Waals surface area contributed by atoms with E-state index < -0.39 is 23.5 Å². The van der Waals surface area contributed by atoms with Crippen LogP contribution >= 0.6 is 15.9 Å². The van der Waals surface area contributed by atoms with Gasteiger partial charge in [-0.25, -0.2) is 8.78 Å². The van der Waals surface area contributed by atoms with Crippen molar-refractivity contribution >= 4 is 21.9 Å². The fourth-order valence-corrected chi connectivity index (χ4v) is 1.93. The summed E-state index contributed by atoms with van der Waals surface area (Å²) in [6.45, 7) is 1.60. The van der Waals surface area contributed by atoms with Gasteiger partial charge in [-0.1, -0.05) is 6.92 Å². The van der Waals surface area contributed by atoms with Gasteiger partial charge in [-0.15, -0.1) is 0 Å². The molecule has 0 spiro atoms. The van der Waals surface area contributed by atoms with E-state index >= 15 is 0 Å². The number of carboxylic acid groups (broad SMARTS) is 1. The molecule has 1 aromatic rings. The van der Waals surface area contributed by atoms with Crippen LogP contribution in [0.15, 0.2) is 16.6 Å². The Balaban J connectivity index is 3.07. The molecule has 0 aliphatic rings. The SMILES string of the molecule is CC(CC(=O)O)c1cc(F)cc(F)c1Br. The van der Waals surface area contributed by atoms with E-state index in [9.17, 15) is 13.6 Å². The summed E-state index contributed by atoms with van der Waals surface area (Å²) in [6.07, 6.45) is -0.165. The van der Waals surface area contributed by atoms with Crippen LogP contribution in [0, 0.1) is 11.6 Å². The minimum absolute atomic E-state index is 0.123. The quantitative estimate of drug-likeness (QED) is 0.862. The Bertz CT molecular complexity index is 393. The van der Waals surface area contributed by atoms with Gasteiger partial charge in [-0.3, -0.25) is 4.79 Å². The number of benzene rings is 1.